The van der Waals surface area contributed by atoms with Gasteiger partial charge in [0.1, 0.15) is 11.5 Å². The highest BCUT2D eigenvalue weighted by Crippen LogP contribution is 2.29. The molecule has 0 atom stereocenters. The molecule has 2 nitrogen and oxygen atoms in total. The molecule has 0 unspecified atom stereocenters. The second kappa shape index (κ2) is 4.89. The fourth-order valence-corrected chi connectivity index (χ4v) is 1.47. The van der Waals surface area contributed by atoms with E-state index in [0.717, 1.165) is 36.1 Å². The lowest BCUT2D eigenvalue weighted by atomic mass is 10.0. The summed E-state index contributed by atoms with van der Waals surface area (Å²) in [5.74, 6) is 1.10. The Morgan fingerprint density at radius 3 is 2.64 bits per heavy atom. The number of phenolic OH excluding ortho intramolecular Hbond substituents is 1. The smallest absolute Gasteiger partial charge is 0.125 e. The quantitative estimate of drug-likeness (QED) is 0.798. The lowest BCUT2D eigenvalue weighted by molar-refractivity contribution is 0.402. The summed E-state index contributed by atoms with van der Waals surface area (Å²) < 4.78 is 5.19. The van der Waals surface area contributed by atoms with Gasteiger partial charge in [-0.05, 0) is 37.5 Å². The Labute approximate surface area is 85.5 Å². The average molecular weight is 194 g/mol. The van der Waals surface area contributed by atoms with E-state index in [-0.39, 0.29) is 0 Å². The second-order valence-corrected chi connectivity index (χ2v) is 3.55. The standard InChI is InChI=1S/C12H18O2/c1-4-5-6-10-7-11(13)9(2)12(8-10)14-3/h7-8,13H,4-6H2,1-3H3. The summed E-state index contributed by atoms with van der Waals surface area (Å²) in [6.07, 6.45) is 3.31. The maximum absolute atomic E-state index is 9.63. The second-order valence-electron chi connectivity index (χ2n) is 3.55. The predicted octanol–water partition coefficient (Wildman–Crippen LogP) is 3.05. The third-order valence-electron chi connectivity index (χ3n) is 2.43. The molecule has 0 spiro atoms. The molecule has 0 aliphatic carbocycles. The Bertz CT molecular complexity index is 305. The van der Waals surface area contributed by atoms with Crippen molar-refractivity contribution < 1.29 is 9.84 Å². The van der Waals surface area contributed by atoms with Gasteiger partial charge in [-0.2, -0.15) is 0 Å². The molecule has 1 N–H and O–H groups in total. The molecule has 0 aliphatic heterocycles. The van der Waals surface area contributed by atoms with Crippen LogP contribution in [0.2, 0.25) is 0 Å². The van der Waals surface area contributed by atoms with Gasteiger partial charge >= 0.3 is 0 Å². The SMILES string of the molecule is CCCCc1cc(O)c(C)c(OC)c1. The topological polar surface area (TPSA) is 29.5 Å². The number of rotatable bonds is 4. The zero-order valence-corrected chi connectivity index (χ0v) is 9.13. The first-order chi connectivity index (χ1) is 6.69. The first-order valence-corrected chi connectivity index (χ1v) is 5.05. The van der Waals surface area contributed by atoms with Gasteiger partial charge < -0.3 is 9.84 Å². The normalized spacial score (nSPS) is 10.2. The molecule has 2 heteroatoms. The Morgan fingerprint density at radius 1 is 1.36 bits per heavy atom. The van der Waals surface area contributed by atoms with Crippen LogP contribution in [0.25, 0.3) is 0 Å². The summed E-state index contributed by atoms with van der Waals surface area (Å²) in [6, 6.07) is 3.83. The van der Waals surface area contributed by atoms with Gasteiger partial charge in [0.25, 0.3) is 0 Å². The molecule has 1 rings (SSSR count). The molecule has 1 aromatic rings. The first kappa shape index (κ1) is 10.9. The van der Waals surface area contributed by atoms with E-state index in [2.05, 4.69) is 6.92 Å². The zero-order valence-electron chi connectivity index (χ0n) is 9.13. The van der Waals surface area contributed by atoms with Crippen molar-refractivity contribution in [3.05, 3.63) is 23.3 Å². The van der Waals surface area contributed by atoms with E-state index >= 15 is 0 Å². The van der Waals surface area contributed by atoms with Crippen molar-refractivity contribution in [2.45, 2.75) is 33.1 Å². The van der Waals surface area contributed by atoms with E-state index in [1.807, 2.05) is 19.1 Å². The monoisotopic (exact) mass is 194 g/mol. The lowest BCUT2D eigenvalue weighted by Crippen LogP contribution is -1.91. The molecule has 0 aliphatic rings. The number of benzene rings is 1. The van der Waals surface area contributed by atoms with Gasteiger partial charge in [0.15, 0.2) is 0 Å². The molecule has 0 fully saturated rings. The van der Waals surface area contributed by atoms with Crippen LogP contribution in [0, 0.1) is 6.92 Å². The molecule has 0 aromatic heterocycles. The maximum atomic E-state index is 9.63. The van der Waals surface area contributed by atoms with Crippen molar-refractivity contribution in [1.82, 2.24) is 0 Å². The van der Waals surface area contributed by atoms with Gasteiger partial charge in [-0.1, -0.05) is 13.3 Å². The van der Waals surface area contributed by atoms with Gasteiger partial charge in [-0.25, -0.2) is 0 Å². The molecule has 0 amide bonds. The van der Waals surface area contributed by atoms with Gasteiger partial charge in [-0.15, -0.1) is 0 Å². The van der Waals surface area contributed by atoms with E-state index in [4.69, 9.17) is 4.74 Å². The highest BCUT2D eigenvalue weighted by Gasteiger charge is 2.06. The summed E-state index contributed by atoms with van der Waals surface area (Å²) in [7, 11) is 1.63. The van der Waals surface area contributed by atoms with Crippen LogP contribution >= 0.6 is 0 Å². The van der Waals surface area contributed by atoms with Crippen LogP contribution in [0.4, 0.5) is 0 Å². The van der Waals surface area contributed by atoms with Crippen molar-refractivity contribution in [3.8, 4) is 11.5 Å². The summed E-state index contributed by atoms with van der Waals surface area (Å²) in [5.41, 5.74) is 1.96. The summed E-state index contributed by atoms with van der Waals surface area (Å²) in [4.78, 5) is 0. The Balaban J connectivity index is 2.91. The molecule has 0 saturated heterocycles. The number of unbranched alkanes of at least 4 members (excludes halogenated alkanes) is 1. The molecular formula is C12H18O2. The zero-order chi connectivity index (χ0) is 10.6. The van der Waals surface area contributed by atoms with E-state index in [0.29, 0.717) is 5.75 Å². The number of aryl methyl sites for hydroxylation is 1. The van der Waals surface area contributed by atoms with Gasteiger partial charge in [0.05, 0.1) is 7.11 Å². The van der Waals surface area contributed by atoms with Crippen LogP contribution in [-0.2, 0) is 6.42 Å². The van der Waals surface area contributed by atoms with Crippen LogP contribution in [-0.4, -0.2) is 12.2 Å². The maximum Gasteiger partial charge on any atom is 0.125 e. The third kappa shape index (κ3) is 2.41. The molecule has 78 valence electrons. The van der Waals surface area contributed by atoms with Crippen molar-refractivity contribution in [3.63, 3.8) is 0 Å². The minimum Gasteiger partial charge on any atom is -0.508 e. The third-order valence-corrected chi connectivity index (χ3v) is 2.43. The van der Waals surface area contributed by atoms with E-state index in [1.54, 1.807) is 7.11 Å². The molecule has 0 bridgehead atoms. The summed E-state index contributed by atoms with van der Waals surface area (Å²) in [5, 5.41) is 9.63. The molecule has 0 radical (unpaired) electrons. The van der Waals surface area contributed by atoms with Crippen molar-refractivity contribution in [2.75, 3.05) is 7.11 Å². The highest BCUT2D eigenvalue weighted by molar-refractivity contribution is 5.46. The Morgan fingerprint density at radius 2 is 2.07 bits per heavy atom. The fourth-order valence-electron chi connectivity index (χ4n) is 1.47. The minimum absolute atomic E-state index is 0.329. The number of aromatic hydroxyl groups is 1. The number of phenols is 1. The van der Waals surface area contributed by atoms with E-state index in [1.165, 1.54) is 0 Å². The Hall–Kier alpha value is -1.18. The highest BCUT2D eigenvalue weighted by atomic mass is 16.5. The van der Waals surface area contributed by atoms with Crippen LogP contribution in [0.5, 0.6) is 11.5 Å². The lowest BCUT2D eigenvalue weighted by Gasteiger charge is -2.09. The number of ether oxygens (including phenoxy) is 1. The van der Waals surface area contributed by atoms with Crippen molar-refractivity contribution in [1.29, 1.82) is 0 Å². The Kier molecular flexibility index (Phi) is 3.81. The van der Waals surface area contributed by atoms with E-state index < -0.39 is 0 Å². The minimum atomic E-state index is 0.329. The first-order valence-electron chi connectivity index (χ1n) is 5.05. The molecule has 0 heterocycles. The van der Waals surface area contributed by atoms with Gasteiger partial charge in [0.2, 0.25) is 0 Å². The fraction of sp³-hybridized carbons (Fsp3) is 0.500. The molecule has 0 saturated carbocycles. The van der Waals surface area contributed by atoms with Crippen LogP contribution < -0.4 is 4.74 Å². The van der Waals surface area contributed by atoms with Gasteiger partial charge in [-0.3, -0.25) is 0 Å². The van der Waals surface area contributed by atoms with Crippen LogP contribution in [0.15, 0.2) is 12.1 Å². The number of methoxy groups -OCH3 is 1. The predicted molar refractivity (Wildman–Crippen MR) is 58.0 cm³/mol. The van der Waals surface area contributed by atoms with Crippen LogP contribution in [0.1, 0.15) is 30.9 Å². The number of hydrogen-bond acceptors (Lipinski definition) is 2. The van der Waals surface area contributed by atoms with Crippen molar-refractivity contribution >= 4 is 0 Å². The van der Waals surface area contributed by atoms with E-state index in [9.17, 15) is 5.11 Å². The van der Waals surface area contributed by atoms with Gasteiger partial charge in [0, 0.05) is 5.56 Å². The summed E-state index contributed by atoms with van der Waals surface area (Å²) in [6.45, 7) is 4.02. The number of hydrogen-bond donors (Lipinski definition) is 1. The van der Waals surface area contributed by atoms with Crippen LogP contribution in [0.3, 0.4) is 0 Å². The largest absolute Gasteiger partial charge is 0.508 e. The molecule has 14 heavy (non-hydrogen) atoms. The molecule has 1 aromatic carbocycles. The average Bonchev–Trinajstić information content (AvgIpc) is 2.19. The summed E-state index contributed by atoms with van der Waals surface area (Å²) >= 11 is 0. The molecular weight excluding hydrogens is 176 g/mol. The van der Waals surface area contributed by atoms with Crippen molar-refractivity contribution in [2.24, 2.45) is 0 Å².